The third kappa shape index (κ3) is 2.80. The largest absolute Gasteiger partial charge is 0.478 e. The maximum atomic E-state index is 11.5. The highest BCUT2D eigenvalue weighted by Crippen LogP contribution is 2.28. The Morgan fingerprint density at radius 1 is 1.47 bits per heavy atom. The molecule has 2 rings (SSSR count). The summed E-state index contributed by atoms with van der Waals surface area (Å²) in [6, 6.07) is -0.251. The van der Waals surface area contributed by atoms with Crippen LogP contribution in [0.2, 0.25) is 0 Å². The Morgan fingerprint density at radius 2 is 2.11 bits per heavy atom. The number of nitrogens with zero attached hydrogens (tertiary/aromatic N) is 2. The van der Waals surface area contributed by atoms with Gasteiger partial charge in [-0.05, 0) is 6.42 Å². The monoisotopic (exact) mass is 286 g/mol. The molecule has 0 spiro atoms. The van der Waals surface area contributed by atoms with Gasteiger partial charge in [0.15, 0.2) is 9.84 Å². The minimum atomic E-state index is -3.01. The van der Waals surface area contributed by atoms with E-state index in [4.69, 9.17) is 0 Å². The van der Waals surface area contributed by atoms with E-state index >= 15 is 0 Å². The van der Waals surface area contributed by atoms with Gasteiger partial charge in [0.05, 0.1) is 23.2 Å². The normalized spacial score (nSPS) is 22.6. The van der Waals surface area contributed by atoms with Crippen molar-refractivity contribution in [2.75, 3.05) is 11.5 Å². The molecule has 1 atom stereocenters. The number of rotatable bonds is 2. The van der Waals surface area contributed by atoms with E-state index in [2.05, 4.69) is 5.10 Å². The Balaban J connectivity index is 2.42. The number of carboxylic acid groups (broad SMARTS) is 1. The molecule has 0 saturated carbocycles. The molecule has 1 saturated heterocycles. The summed E-state index contributed by atoms with van der Waals surface area (Å²) in [7, 11) is -3.01. The first kappa shape index (κ1) is 14.0. The van der Waals surface area contributed by atoms with Crippen LogP contribution in [0, 0.1) is 0 Å². The molecule has 1 aromatic heterocycles. The van der Waals surface area contributed by atoms with Crippen LogP contribution in [0.3, 0.4) is 0 Å². The number of aromatic nitrogens is 2. The molecule has 0 bridgehead atoms. The standard InChI is InChI=1S/C12H18N2O4S/c1-12(2,3)10-9(11(15)16)6-14(13-10)8-4-5-19(17,18)7-8/h6,8H,4-5,7H2,1-3H3,(H,15,16). The zero-order valence-corrected chi connectivity index (χ0v) is 12.1. The van der Waals surface area contributed by atoms with Crippen LogP contribution in [0.15, 0.2) is 6.20 Å². The highest BCUT2D eigenvalue weighted by atomic mass is 32.2. The van der Waals surface area contributed by atoms with E-state index in [0.29, 0.717) is 12.1 Å². The first-order chi connectivity index (χ1) is 8.60. The first-order valence-electron chi connectivity index (χ1n) is 6.13. The van der Waals surface area contributed by atoms with E-state index < -0.39 is 21.2 Å². The lowest BCUT2D eigenvalue weighted by molar-refractivity contribution is 0.0694. The molecule has 0 aromatic carbocycles. The molecule has 6 nitrogen and oxygen atoms in total. The highest BCUT2D eigenvalue weighted by Gasteiger charge is 2.33. The van der Waals surface area contributed by atoms with E-state index in [9.17, 15) is 18.3 Å². The van der Waals surface area contributed by atoms with Crippen LogP contribution in [-0.2, 0) is 15.3 Å². The molecule has 2 heterocycles. The first-order valence-corrected chi connectivity index (χ1v) is 7.95. The van der Waals surface area contributed by atoms with Crippen molar-refractivity contribution in [3.63, 3.8) is 0 Å². The lowest BCUT2D eigenvalue weighted by Gasteiger charge is -2.16. The van der Waals surface area contributed by atoms with Gasteiger partial charge in [-0.15, -0.1) is 0 Å². The van der Waals surface area contributed by atoms with Gasteiger partial charge in [0.25, 0.3) is 0 Å². The molecule has 0 amide bonds. The lowest BCUT2D eigenvalue weighted by Crippen LogP contribution is -2.17. The fraction of sp³-hybridized carbons (Fsp3) is 0.667. The highest BCUT2D eigenvalue weighted by molar-refractivity contribution is 7.91. The van der Waals surface area contributed by atoms with E-state index in [-0.39, 0.29) is 23.1 Å². The van der Waals surface area contributed by atoms with Gasteiger partial charge in [-0.25, -0.2) is 13.2 Å². The molecule has 19 heavy (non-hydrogen) atoms. The predicted molar refractivity (Wildman–Crippen MR) is 70.2 cm³/mol. The SMILES string of the molecule is CC(C)(C)c1nn(C2CCS(=O)(=O)C2)cc1C(=O)O. The molecule has 7 heteroatoms. The molecule has 1 aromatic rings. The summed E-state index contributed by atoms with van der Waals surface area (Å²) in [5.41, 5.74) is 0.247. The van der Waals surface area contributed by atoms with Crippen LogP contribution in [0.25, 0.3) is 0 Å². The average molecular weight is 286 g/mol. The summed E-state index contributed by atoms with van der Waals surface area (Å²) in [6.45, 7) is 5.66. The van der Waals surface area contributed by atoms with Gasteiger partial charge in [0.1, 0.15) is 5.56 Å². The molecule has 1 aliphatic rings. The summed E-state index contributed by atoms with van der Waals surface area (Å²) in [6.07, 6.45) is 1.95. The van der Waals surface area contributed by atoms with E-state index in [1.165, 1.54) is 10.9 Å². The topological polar surface area (TPSA) is 89.3 Å². The second-order valence-electron chi connectivity index (χ2n) is 5.98. The summed E-state index contributed by atoms with van der Waals surface area (Å²) in [5.74, 6) is -0.848. The number of carbonyl (C=O) groups is 1. The van der Waals surface area contributed by atoms with Gasteiger partial charge in [-0.2, -0.15) is 5.10 Å². The van der Waals surface area contributed by atoms with Crippen LogP contribution in [-0.4, -0.2) is 40.8 Å². The van der Waals surface area contributed by atoms with Crippen LogP contribution in [0.1, 0.15) is 49.3 Å². The number of aromatic carboxylic acids is 1. The van der Waals surface area contributed by atoms with Gasteiger partial charge in [-0.3, -0.25) is 4.68 Å². The lowest BCUT2D eigenvalue weighted by atomic mass is 9.90. The van der Waals surface area contributed by atoms with E-state index in [0.717, 1.165) is 0 Å². The van der Waals surface area contributed by atoms with Crippen molar-refractivity contribution in [2.45, 2.75) is 38.6 Å². The number of hydrogen-bond donors (Lipinski definition) is 1. The summed E-state index contributed by atoms with van der Waals surface area (Å²) >= 11 is 0. The molecular weight excluding hydrogens is 268 g/mol. The molecule has 1 fully saturated rings. The third-order valence-corrected chi connectivity index (χ3v) is 5.01. The third-order valence-electron chi connectivity index (χ3n) is 3.26. The number of sulfone groups is 1. The summed E-state index contributed by atoms with van der Waals surface area (Å²) < 4.78 is 24.5. The Hall–Kier alpha value is -1.37. The van der Waals surface area contributed by atoms with Gasteiger partial charge < -0.3 is 5.11 Å². The maximum Gasteiger partial charge on any atom is 0.339 e. The number of hydrogen-bond acceptors (Lipinski definition) is 4. The summed E-state index contributed by atoms with van der Waals surface area (Å²) in [5, 5.41) is 13.5. The van der Waals surface area contributed by atoms with Crippen molar-refractivity contribution >= 4 is 15.8 Å². The molecular formula is C12H18N2O4S. The fourth-order valence-corrected chi connectivity index (χ4v) is 3.98. The van der Waals surface area contributed by atoms with Gasteiger partial charge >= 0.3 is 5.97 Å². The van der Waals surface area contributed by atoms with Crippen molar-refractivity contribution < 1.29 is 18.3 Å². The molecule has 0 radical (unpaired) electrons. The molecule has 106 valence electrons. The predicted octanol–water partition coefficient (Wildman–Crippen LogP) is 1.24. The van der Waals surface area contributed by atoms with Crippen LogP contribution in [0.5, 0.6) is 0 Å². The fourth-order valence-electron chi connectivity index (χ4n) is 2.27. The Morgan fingerprint density at radius 3 is 2.47 bits per heavy atom. The van der Waals surface area contributed by atoms with Crippen LogP contribution < -0.4 is 0 Å². The maximum absolute atomic E-state index is 11.5. The zero-order chi connectivity index (χ0) is 14.4. The second-order valence-corrected chi connectivity index (χ2v) is 8.21. The minimum absolute atomic E-state index is 0.0390. The Labute approximate surface area is 112 Å². The number of carboxylic acids is 1. The van der Waals surface area contributed by atoms with Gasteiger partial charge in [0, 0.05) is 11.6 Å². The average Bonchev–Trinajstić information content (AvgIpc) is 2.79. The zero-order valence-electron chi connectivity index (χ0n) is 11.3. The molecule has 1 aliphatic heterocycles. The molecule has 0 aliphatic carbocycles. The second kappa shape index (κ2) is 4.33. The molecule has 1 unspecified atom stereocenters. The van der Waals surface area contributed by atoms with Gasteiger partial charge in [-0.1, -0.05) is 20.8 Å². The van der Waals surface area contributed by atoms with Crippen molar-refractivity contribution in [2.24, 2.45) is 0 Å². The van der Waals surface area contributed by atoms with Crippen molar-refractivity contribution in [3.05, 3.63) is 17.5 Å². The van der Waals surface area contributed by atoms with Crippen molar-refractivity contribution in [3.8, 4) is 0 Å². The smallest absolute Gasteiger partial charge is 0.339 e. The Kier molecular flexibility index (Phi) is 3.20. The van der Waals surface area contributed by atoms with Crippen LogP contribution in [0.4, 0.5) is 0 Å². The minimum Gasteiger partial charge on any atom is -0.478 e. The van der Waals surface area contributed by atoms with Crippen molar-refractivity contribution in [1.29, 1.82) is 0 Å². The quantitative estimate of drug-likeness (QED) is 0.883. The van der Waals surface area contributed by atoms with E-state index in [1.807, 2.05) is 20.8 Å². The van der Waals surface area contributed by atoms with E-state index in [1.54, 1.807) is 0 Å². The van der Waals surface area contributed by atoms with Crippen molar-refractivity contribution in [1.82, 2.24) is 9.78 Å². The van der Waals surface area contributed by atoms with Crippen LogP contribution >= 0.6 is 0 Å². The Bertz CT molecular complexity index is 610. The van der Waals surface area contributed by atoms with Gasteiger partial charge in [0.2, 0.25) is 0 Å². The summed E-state index contributed by atoms with van der Waals surface area (Å²) in [4.78, 5) is 11.3. The molecule has 1 N–H and O–H groups in total.